The number of likely N-dealkylation sites (tertiary alicyclic amines) is 1. The van der Waals surface area contributed by atoms with E-state index in [1.54, 1.807) is 11.1 Å². The molecule has 0 radical (unpaired) electrons. The van der Waals surface area contributed by atoms with E-state index >= 15 is 0 Å². The second-order valence-corrected chi connectivity index (χ2v) is 9.26. The number of hydrogen-bond donors (Lipinski definition) is 0. The molecule has 0 spiro atoms. The summed E-state index contributed by atoms with van der Waals surface area (Å²) in [5, 5.41) is 1.13. The van der Waals surface area contributed by atoms with Crippen molar-refractivity contribution in [3.05, 3.63) is 58.1 Å². The summed E-state index contributed by atoms with van der Waals surface area (Å²) in [4.78, 5) is 23.3. The van der Waals surface area contributed by atoms with Gasteiger partial charge in [-0.25, -0.2) is 4.98 Å². The molecule has 0 bridgehead atoms. The number of pyridine rings is 1. The number of para-hydroxylation sites is 1. The first-order chi connectivity index (χ1) is 14.5. The third kappa shape index (κ3) is 4.07. The number of ether oxygens (including phenoxy) is 1. The average molecular weight is 424 g/mol. The van der Waals surface area contributed by atoms with Crippen LogP contribution in [0.2, 0.25) is 0 Å². The summed E-state index contributed by atoms with van der Waals surface area (Å²) in [7, 11) is 3.63. The van der Waals surface area contributed by atoms with Gasteiger partial charge in [-0.1, -0.05) is 24.3 Å². The van der Waals surface area contributed by atoms with Crippen LogP contribution in [-0.4, -0.2) is 61.0 Å². The Morgan fingerprint density at radius 2 is 2.00 bits per heavy atom. The van der Waals surface area contributed by atoms with Gasteiger partial charge in [0.15, 0.2) is 0 Å². The van der Waals surface area contributed by atoms with Crippen molar-refractivity contribution in [3.8, 4) is 5.75 Å². The first kappa shape index (κ1) is 20.8. The van der Waals surface area contributed by atoms with E-state index in [1.807, 2.05) is 20.2 Å². The second-order valence-electron chi connectivity index (χ2n) is 8.26. The molecule has 1 aromatic carbocycles. The van der Waals surface area contributed by atoms with Crippen molar-refractivity contribution in [1.29, 1.82) is 0 Å². The Hall–Kier alpha value is -2.44. The van der Waals surface area contributed by atoms with Crippen LogP contribution in [-0.2, 0) is 0 Å². The van der Waals surface area contributed by atoms with E-state index in [9.17, 15) is 4.79 Å². The van der Waals surface area contributed by atoms with Gasteiger partial charge >= 0.3 is 0 Å². The summed E-state index contributed by atoms with van der Waals surface area (Å²) in [6, 6.07) is 10.3. The van der Waals surface area contributed by atoms with E-state index in [4.69, 9.17) is 4.74 Å². The molecule has 6 heteroatoms. The Morgan fingerprint density at radius 3 is 2.73 bits per heavy atom. The van der Waals surface area contributed by atoms with E-state index in [2.05, 4.69) is 48.0 Å². The minimum atomic E-state index is 0.0739. The Labute approximate surface area is 182 Å². The van der Waals surface area contributed by atoms with Gasteiger partial charge in [0, 0.05) is 44.7 Å². The summed E-state index contributed by atoms with van der Waals surface area (Å²) >= 11 is 1.52. The highest BCUT2D eigenvalue weighted by Crippen LogP contribution is 2.39. The van der Waals surface area contributed by atoms with Crippen molar-refractivity contribution >= 4 is 27.5 Å². The molecule has 1 aliphatic rings. The van der Waals surface area contributed by atoms with E-state index < -0.39 is 0 Å². The van der Waals surface area contributed by atoms with Crippen LogP contribution in [0.4, 0.5) is 0 Å². The molecule has 0 aliphatic carbocycles. The van der Waals surface area contributed by atoms with E-state index in [-0.39, 0.29) is 5.91 Å². The lowest BCUT2D eigenvalue weighted by molar-refractivity contribution is 0.0831. The Kier molecular flexibility index (Phi) is 6.06. The van der Waals surface area contributed by atoms with Gasteiger partial charge in [-0.15, -0.1) is 11.3 Å². The molecular formula is C24H29N3O2S. The van der Waals surface area contributed by atoms with Crippen LogP contribution in [0.5, 0.6) is 5.75 Å². The highest BCUT2D eigenvalue weighted by atomic mass is 32.1. The summed E-state index contributed by atoms with van der Waals surface area (Å²) in [5.41, 5.74) is 3.54. The highest BCUT2D eigenvalue weighted by molar-refractivity contribution is 7.20. The van der Waals surface area contributed by atoms with Crippen LogP contribution >= 0.6 is 11.3 Å². The van der Waals surface area contributed by atoms with Gasteiger partial charge in [0.1, 0.15) is 17.2 Å². The Balaban J connectivity index is 1.47. The van der Waals surface area contributed by atoms with Crippen molar-refractivity contribution in [2.45, 2.75) is 26.2 Å². The van der Waals surface area contributed by atoms with Crippen LogP contribution in [0.3, 0.4) is 0 Å². The number of thiophene rings is 1. The van der Waals surface area contributed by atoms with E-state index in [0.717, 1.165) is 46.9 Å². The number of aryl methyl sites for hydroxylation is 2. The average Bonchev–Trinajstić information content (AvgIpc) is 3.33. The molecule has 1 amide bonds. The van der Waals surface area contributed by atoms with Gasteiger partial charge in [-0.3, -0.25) is 9.69 Å². The van der Waals surface area contributed by atoms with Gasteiger partial charge in [0.2, 0.25) is 0 Å². The number of fused-ring (bicyclic) bond motifs is 1. The van der Waals surface area contributed by atoms with Crippen LogP contribution in [0.25, 0.3) is 10.2 Å². The van der Waals surface area contributed by atoms with E-state index in [1.165, 1.54) is 28.0 Å². The third-order valence-corrected chi connectivity index (χ3v) is 6.97. The monoisotopic (exact) mass is 423 g/mol. The second kappa shape index (κ2) is 8.74. The number of benzene rings is 1. The number of carbonyl (C=O) groups excluding carboxylic acids is 1. The first-order valence-corrected chi connectivity index (χ1v) is 11.3. The quantitative estimate of drug-likeness (QED) is 0.586. The fraction of sp³-hybridized carbons (Fsp3) is 0.417. The molecule has 3 aromatic rings. The predicted octanol–water partition coefficient (Wildman–Crippen LogP) is 4.48. The number of amides is 1. The maximum atomic E-state index is 12.8. The summed E-state index contributed by atoms with van der Waals surface area (Å²) in [5.74, 6) is 1.42. The Morgan fingerprint density at radius 1 is 1.23 bits per heavy atom. The van der Waals surface area contributed by atoms with Crippen LogP contribution < -0.4 is 4.74 Å². The number of nitrogens with zero attached hydrogens (tertiary/aromatic N) is 3. The third-order valence-electron chi connectivity index (χ3n) is 5.85. The standard InChI is InChI=1S/C24H29N3O2S/c1-16-7-5-8-17(2)21(16)29-14-13-27-12-10-18(15-27)20-19-9-6-11-25-23(19)30-22(20)24(28)26(3)4/h5-9,11,18H,10,12-15H2,1-4H3/t18-/m0/s1. The normalized spacial score (nSPS) is 16.9. The molecule has 4 rings (SSSR count). The SMILES string of the molecule is Cc1cccc(C)c1OCCN1CC[C@H](c2c(C(=O)N(C)C)sc3ncccc23)C1. The lowest BCUT2D eigenvalue weighted by Crippen LogP contribution is -2.26. The topological polar surface area (TPSA) is 45.7 Å². The van der Waals surface area contributed by atoms with Crippen molar-refractivity contribution in [2.75, 3.05) is 40.3 Å². The highest BCUT2D eigenvalue weighted by Gasteiger charge is 2.31. The molecule has 5 nitrogen and oxygen atoms in total. The van der Waals surface area contributed by atoms with Gasteiger partial charge in [0.05, 0.1) is 4.88 Å². The summed E-state index contributed by atoms with van der Waals surface area (Å²) in [6.45, 7) is 7.72. The van der Waals surface area contributed by atoms with Crippen molar-refractivity contribution in [3.63, 3.8) is 0 Å². The zero-order chi connectivity index (χ0) is 21.3. The summed E-state index contributed by atoms with van der Waals surface area (Å²) in [6.07, 6.45) is 2.86. The molecule has 0 saturated carbocycles. The predicted molar refractivity (Wildman–Crippen MR) is 123 cm³/mol. The smallest absolute Gasteiger partial charge is 0.263 e. The molecule has 1 aliphatic heterocycles. The van der Waals surface area contributed by atoms with Crippen LogP contribution in [0, 0.1) is 13.8 Å². The fourth-order valence-corrected chi connectivity index (χ4v) is 5.54. The molecule has 3 heterocycles. The minimum Gasteiger partial charge on any atom is -0.492 e. The molecule has 1 fully saturated rings. The molecule has 2 aromatic heterocycles. The van der Waals surface area contributed by atoms with Gasteiger partial charge < -0.3 is 9.64 Å². The zero-order valence-corrected chi connectivity index (χ0v) is 19.0. The molecular weight excluding hydrogens is 394 g/mol. The number of aromatic nitrogens is 1. The van der Waals surface area contributed by atoms with Crippen LogP contribution in [0.1, 0.15) is 38.7 Å². The minimum absolute atomic E-state index is 0.0739. The molecule has 1 saturated heterocycles. The van der Waals surface area contributed by atoms with Crippen molar-refractivity contribution in [2.24, 2.45) is 0 Å². The van der Waals surface area contributed by atoms with Crippen LogP contribution in [0.15, 0.2) is 36.5 Å². The lowest BCUT2D eigenvalue weighted by Gasteiger charge is -2.19. The zero-order valence-electron chi connectivity index (χ0n) is 18.1. The van der Waals surface area contributed by atoms with Gasteiger partial charge in [-0.05, 0) is 49.6 Å². The van der Waals surface area contributed by atoms with Crippen molar-refractivity contribution in [1.82, 2.24) is 14.8 Å². The number of carbonyl (C=O) groups is 1. The number of hydrogen-bond acceptors (Lipinski definition) is 5. The molecule has 158 valence electrons. The Bertz CT molecular complexity index is 1040. The molecule has 1 atom stereocenters. The van der Waals surface area contributed by atoms with Gasteiger partial charge in [0.25, 0.3) is 5.91 Å². The number of rotatable bonds is 6. The first-order valence-electron chi connectivity index (χ1n) is 10.5. The maximum Gasteiger partial charge on any atom is 0.263 e. The van der Waals surface area contributed by atoms with E-state index in [0.29, 0.717) is 12.5 Å². The van der Waals surface area contributed by atoms with Crippen molar-refractivity contribution < 1.29 is 9.53 Å². The molecule has 0 unspecified atom stereocenters. The lowest BCUT2D eigenvalue weighted by atomic mass is 9.95. The summed E-state index contributed by atoms with van der Waals surface area (Å²) < 4.78 is 6.11. The molecule has 0 N–H and O–H groups in total. The maximum absolute atomic E-state index is 12.8. The van der Waals surface area contributed by atoms with Gasteiger partial charge in [-0.2, -0.15) is 0 Å². The largest absolute Gasteiger partial charge is 0.492 e. The fourth-order valence-electron chi connectivity index (χ4n) is 4.29. The molecule has 30 heavy (non-hydrogen) atoms.